The Morgan fingerprint density at radius 2 is 2.00 bits per heavy atom. The van der Waals surface area contributed by atoms with Crippen LogP contribution in [0.4, 0.5) is 13.2 Å². The zero-order valence-electron chi connectivity index (χ0n) is 15.3. The highest BCUT2D eigenvalue weighted by atomic mass is 19.4. The van der Waals surface area contributed by atoms with Crippen LogP contribution in [0.25, 0.3) is 0 Å². The van der Waals surface area contributed by atoms with E-state index in [2.05, 4.69) is 19.5 Å². The number of hydrogen-bond donors (Lipinski definition) is 2. The van der Waals surface area contributed by atoms with Gasteiger partial charge in [0.05, 0.1) is 7.11 Å². The van der Waals surface area contributed by atoms with Crippen LogP contribution in [0, 0.1) is 0 Å². The van der Waals surface area contributed by atoms with Gasteiger partial charge < -0.3 is 24.3 Å². The molecule has 0 fully saturated rings. The van der Waals surface area contributed by atoms with Crippen molar-refractivity contribution in [3.8, 4) is 5.75 Å². The topological polar surface area (TPSA) is 93.8 Å². The van der Waals surface area contributed by atoms with Crippen LogP contribution in [-0.2, 0) is 22.1 Å². The van der Waals surface area contributed by atoms with E-state index in [0.717, 1.165) is 11.8 Å². The van der Waals surface area contributed by atoms with E-state index in [1.54, 1.807) is 12.1 Å². The summed E-state index contributed by atoms with van der Waals surface area (Å²) < 4.78 is 51.5. The molecule has 0 saturated heterocycles. The second kappa shape index (κ2) is 9.56. The monoisotopic (exact) mass is 402 g/mol. The van der Waals surface area contributed by atoms with Crippen molar-refractivity contribution in [1.29, 1.82) is 0 Å². The number of aromatic nitrogens is 1. The molecule has 1 aromatic heterocycles. The van der Waals surface area contributed by atoms with E-state index < -0.39 is 24.1 Å². The van der Waals surface area contributed by atoms with Crippen molar-refractivity contribution in [3.63, 3.8) is 0 Å². The number of esters is 1. The molecule has 0 radical (unpaired) electrons. The molecule has 1 aromatic carbocycles. The summed E-state index contributed by atoms with van der Waals surface area (Å²) in [5.74, 6) is -1.34. The Morgan fingerprint density at radius 1 is 1.32 bits per heavy atom. The van der Waals surface area contributed by atoms with Crippen LogP contribution in [-0.4, -0.2) is 42.4 Å². The summed E-state index contributed by atoms with van der Waals surface area (Å²) in [7, 11) is 1.28. The van der Waals surface area contributed by atoms with Crippen molar-refractivity contribution in [1.82, 2.24) is 10.3 Å². The van der Waals surface area contributed by atoms with Gasteiger partial charge in [-0.25, -0.2) is 9.78 Å². The lowest BCUT2D eigenvalue weighted by Crippen LogP contribution is -2.32. The van der Waals surface area contributed by atoms with Crippen LogP contribution in [0.2, 0.25) is 0 Å². The largest absolute Gasteiger partial charge is 0.482 e. The standard InChI is InChI=1S/C18H21F3N2O5/c1-11(7-12-3-5-13(6-4-12)27-10-16(25)26-2)22-8-15(24)14-9-28-17(23-14)18(19,20)21/h3-6,9,11,15,22,24H,7-8,10H2,1-2H3. The number of oxazole rings is 1. The number of benzene rings is 1. The summed E-state index contributed by atoms with van der Waals surface area (Å²) >= 11 is 0. The van der Waals surface area contributed by atoms with E-state index in [4.69, 9.17) is 4.74 Å². The smallest absolute Gasteiger partial charge is 0.468 e. The Balaban J connectivity index is 1.79. The summed E-state index contributed by atoms with van der Waals surface area (Å²) in [6.45, 7) is 1.72. The number of alkyl halides is 3. The molecule has 2 aromatic rings. The lowest BCUT2D eigenvalue weighted by molar-refractivity contribution is -0.157. The number of carbonyl (C=O) groups is 1. The van der Waals surface area contributed by atoms with Gasteiger partial charge in [0.15, 0.2) is 6.61 Å². The highest BCUT2D eigenvalue weighted by Crippen LogP contribution is 2.29. The molecule has 2 rings (SSSR count). The maximum absolute atomic E-state index is 12.5. The van der Waals surface area contributed by atoms with Crippen molar-refractivity contribution in [3.05, 3.63) is 47.7 Å². The highest BCUT2D eigenvalue weighted by molar-refractivity contribution is 5.70. The SMILES string of the molecule is COC(=O)COc1ccc(CC(C)NCC(O)c2coc(C(F)(F)F)n2)cc1. The molecular weight excluding hydrogens is 381 g/mol. The van der Waals surface area contributed by atoms with Crippen LogP contribution in [0.15, 0.2) is 34.9 Å². The maximum atomic E-state index is 12.5. The number of methoxy groups -OCH3 is 1. The molecule has 2 atom stereocenters. The van der Waals surface area contributed by atoms with Gasteiger partial charge in [-0.05, 0) is 31.0 Å². The molecule has 154 valence electrons. The Kier molecular flexibility index (Phi) is 7.41. The third-order valence-corrected chi connectivity index (χ3v) is 3.82. The first-order valence-corrected chi connectivity index (χ1v) is 8.41. The predicted molar refractivity (Wildman–Crippen MR) is 91.6 cm³/mol. The van der Waals surface area contributed by atoms with E-state index in [1.807, 2.05) is 19.1 Å². The van der Waals surface area contributed by atoms with Crippen LogP contribution in [0.3, 0.4) is 0 Å². The molecule has 2 unspecified atom stereocenters. The number of nitrogens with zero attached hydrogens (tertiary/aromatic N) is 1. The number of aliphatic hydroxyl groups excluding tert-OH is 1. The van der Waals surface area contributed by atoms with Gasteiger partial charge in [0, 0.05) is 12.6 Å². The number of rotatable bonds is 9. The van der Waals surface area contributed by atoms with Crippen LogP contribution < -0.4 is 10.1 Å². The molecule has 28 heavy (non-hydrogen) atoms. The highest BCUT2D eigenvalue weighted by Gasteiger charge is 2.37. The summed E-state index contributed by atoms with van der Waals surface area (Å²) in [4.78, 5) is 14.3. The number of hydrogen-bond acceptors (Lipinski definition) is 7. The molecular formula is C18H21F3N2O5. The Hall–Kier alpha value is -2.59. The number of ether oxygens (including phenoxy) is 2. The average molecular weight is 402 g/mol. The molecule has 0 aliphatic carbocycles. The first kappa shape index (κ1) is 21.7. The summed E-state index contributed by atoms with van der Waals surface area (Å²) in [6.07, 6.45) is -4.51. The van der Waals surface area contributed by atoms with Crippen molar-refractivity contribution < 1.29 is 37.0 Å². The molecule has 0 aliphatic heterocycles. The lowest BCUT2D eigenvalue weighted by Gasteiger charge is -2.16. The van der Waals surface area contributed by atoms with Gasteiger partial charge in [0.1, 0.15) is 23.8 Å². The van der Waals surface area contributed by atoms with Gasteiger partial charge in [0.25, 0.3) is 0 Å². The third-order valence-electron chi connectivity index (χ3n) is 3.82. The van der Waals surface area contributed by atoms with Crippen LogP contribution in [0.5, 0.6) is 5.75 Å². The molecule has 7 nitrogen and oxygen atoms in total. The van der Waals surface area contributed by atoms with E-state index in [0.29, 0.717) is 12.2 Å². The Labute approximate surface area is 159 Å². The summed E-state index contributed by atoms with van der Waals surface area (Å²) in [5, 5.41) is 13.0. The molecule has 0 amide bonds. The normalized spacial score (nSPS) is 13.8. The fraction of sp³-hybridized carbons (Fsp3) is 0.444. The van der Waals surface area contributed by atoms with Crippen molar-refractivity contribution in [2.24, 2.45) is 0 Å². The van der Waals surface area contributed by atoms with Gasteiger partial charge in [-0.15, -0.1) is 0 Å². The van der Waals surface area contributed by atoms with Gasteiger partial charge in [0.2, 0.25) is 0 Å². The quantitative estimate of drug-likeness (QED) is 0.623. The molecule has 0 bridgehead atoms. The maximum Gasteiger partial charge on any atom is 0.468 e. The first-order chi connectivity index (χ1) is 13.2. The summed E-state index contributed by atoms with van der Waals surface area (Å²) in [6, 6.07) is 7.02. The van der Waals surface area contributed by atoms with Gasteiger partial charge >= 0.3 is 18.0 Å². The van der Waals surface area contributed by atoms with Gasteiger partial charge in [-0.1, -0.05) is 12.1 Å². The minimum absolute atomic E-state index is 0.0192. The molecule has 0 spiro atoms. The van der Waals surface area contributed by atoms with E-state index >= 15 is 0 Å². The third kappa shape index (κ3) is 6.54. The van der Waals surface area contributed by atoms with E-state index in [1.165, 1.54) is 7.11 Å². The lowest BCUT2D eigenvalue weighted by atomic mass is 10.1. The fourth-order valence-corrected chi connectivity index (χ4v) is 2.34. The number of halogens is 3. The van der Waals surface area contributed by atoms with Crippen molar-refractivity contribution in [2.45, 2.75) is 31.7 Å². The molecule has 2 N–H and O–H groups in total. The minimum Gasteiger partial charge on any atom is -0.482 e. The Bertz CT molecular complexity index is 761. The van der Waals surface area contributed by atoms with Crippen molar-refractivity contribution in [2.75, 3.05) is 20.3 Å². The zero-order valence-corrected chi connectivity index (χ0v) is 15.3. The Morgan fingerprint density at radius 3 is 2.57 bits per heavy atom. The second-order valence-electron chi connectivity index (χ2n) is 6.11. The zero-order chi connectivity index (χ0) is 20.7. The minimum atomic E-state index is -4.69. The average Bonchev–Trinajstić information content (AvgIpc) is 3.16. The van der Waals surface area contributed by atoms with Gasteiger partial charge in [-0.3, -0.25) is 0 Å². The van der Waals surface area contributed by atoms with Crippen molar-refractivity contribution >= 4 is 5.97 Å². The van der Waals surface area contributed by atoms with E-state index in [9.17, 15) is 23.1 Å². The molecule has 0 aliphatic rings. The first-order valence-electron chi connectivity index (χ1n) is 8.41. The number of carbonyl (C=O) groups excluding carboxylic acids is 1. The molecule has 10 heteroatoms. The van der Waals surface area contributed by atoms with E-state index in [-0.39, 0.29) is 24.9 Å². The molecule has 1 heterocycles. The molecule has 0 saturated carbocycles. The fourth-order valence-electron chi connectivity index (χ4n) is 2.34. The second-order valence-corrected chi connectivity index (χ2v) is 6.11. The summed E-state index contributed by atoms with van der Waals surface area (Å²) in [5.41, 5.74) is 0.792. The number of aliphatic hydroxyl groups is 1. The van der Waals surface area contributed by atoms with Crippen LogP contribution >= 0.6 is 0 Å². The van der Waals surface area contributed by atoms with Crippen LogP contribution in [0.1, 0.15) is 30.2 Å². The van der Waals surface area contributed by atoms with Gasteiger partial charge in [-0.2, -0.15) is 13.2 Å². The predicted octanol–water partition coefficient (Wildman–Crippen LogP) is 2.50. The number of nitrogens with one attached hydrogen (secondary N) is 1.